The minimum absolute atomic E-state index is 0.165. The third-order valence-electron chi connectivity index (χ3n) is 3.11. The van der Waals surface area contributed by atoms with Crippen LogP contribution in [0, 0.1) is 13.8 Å². The summed E-state index contributed by atoms with van der Waals surface area (Å²) in [4.78, 5) is 4.13. The lowest BCUT2D eigenvalue weighted by molar-refractivity contribution is 0.654. The van der Waals surface area contributed by atoms with Gasteiger partial charge < -0.3 is 5.73 Å². The van der Waals surface area contributed by atoms with Gasteiger partial charge in [-0.2, -0.15) is 5.10 Å². The molecule has 2 aromatic rings. The topological polar surface area (TPSA) is 56.7 Å². The highest BCUT2D eigenvalue weighted by Crippen LogP contribution is 2.16. The molecule has 0 aliphatic rings. The molecule has 0 saturated heterocycles. The van der Waals surface area contributed by atoms with Crippen LogP contribution in [0.25, 0.3) is 0 Å². The zero-order valence-corrected chi connectivity index (χ0v) is 11.2. The van der Waals surface area contributed by atoms with Crippen LogP contribution in [0.3, 0.4) is 0 Å². The normalized spacial score (nSPS) is 12.7. The lowest BCUT2D eigenvalue weighted by atomic mass is 10.1. The number of aromatic nitrogens is 3. The number of pyridine rings is 1. The fourth-order valence-corrected chi connectivity index (χ4v) is 2.17. The van der Waals surface area contributed by atoms with Gasteiger partial charge in [0.1, 0.15) is 0 Å². The Labute approximate surface area is 108 Å². The van der Waals surface area contributed by atoms with E-state index in [0.29, 0.717) is 0 Å². The fraction of sp³-hybridized carbons (Fsp3) is 0.429. The van der Waals surface area contributed by atoms with Gasteiger partial charge in [0.15, 0.2) is 0 Å². The maximum absolute atomic E-state index is 5.88. The highest BCUT2D eigenvalue weighted by Gasteiger charge is 2.12. The van der Waals surface area contributed by atoms with Gasteiger partial charge in [-0.05, 0) is 44.4 Å². The summed E-state index contributed by atoms with van der Waals surface area (Å²) >= 11 is 0. The van der Waals surface area contributed by atoms with Crippen molar-refractivity contribution in [2.45, 2.75) is 39.8 Å². The second kappa shape index (κ2) is 5.31. The van der Waals surface area contributed by atoms with Crippen molar-refractivity contribution in [3.05, 3.63) is 47.0 Å². The third-order valence-corrected chi connectivity index (χ3v) is 3.11. The summed E-state index contributed by atoms with van der Waals surface area (Å²) in [6, 6.07) is 4.18. The maximum Gasteiger partial charge on any atom is 0.0677 e. The first kappa shape index (κ1) is 12.8. The molecule has 0 bridgehead atoms. The van der Waals surface area contributed by atoms with Crippen molar-refractivity contribution >= 4 is 0 Å². The second-order valence-electron chi connectivity index (χ2n) is 4.85. The zero-order chi connectivity index (χ0) is 13.1. The molecule has 2 N–H and O–H groups in total. The number of nitrogens with two attached hydrogens (primary N) is 1. The molecule has 2 heterocycles. The molecule has 0 amide bonds. The third kappa shape index (κ3) is 2.76. The monoisotopic (exact) mass is 244 g/mol. The molecule has 0 aliphatic heterocycles. The molecular weight excluding hydrogens is 224 g/mol. The maximum atomic E-state index is 5.88. The summed E-state index contributed by atoms with van der Waals surface area (Å²) in [6.45, 7) is 6.94. The van der Waals surface area contributed by atoms with Crippen molar-refractivity contribution < 1.29 is 0 Å². The molecule has 18 heavy (non-hydrogen) atoms. The van der Waals surface area contributed by atoms with Gasteiger partial charge in [-0.15, -0.1) is 0 Å². The van der Waals surface area contributed by atoms with E-state index in [1.165, 1.54) is 11.3 Å². The minimum Gasteiger partial charge on any atom is -0.328 e. The quantitative estimate of drug-likeness (QED) is 0.892. The Hall–Kier alpha value is -1.68. The molecule has 96 valence electrons. The van der Waals surface area contributed by atoms with Gasteiger partial charge in [0.2, 0.25) is 0 Å². The van der Waals surface area contributed by atoms with Crippen LogP contribution in [-0.2, 0) is 13.0 Å². The van der Waals surface area contributed by atoms with Gasteiger partial charge in [0.05, 0.1) is 12.2 Å². The molecule has 0 fully saturated rings. The smallest absolute Gasteiger partial charge is 0.0677 e. The van der Waals surface area contributed by atoms with Crippen LogP contribution >= 0.6 is 0 Å². The predicted octanol–water partition coefficient (Wildman–Crippen LogP) is 1.83. The first-order valence-electron chi connectivity index (χ1n) is 6.25. The first-order valence-corrected chi connectivity index (χ1v) is 6.25. The molecule has 0 aromatic carbocycles. The molecule has 1 atom stereocenters. The molecular formula is C14H20N4. The molecule has 0 radical (unpaired) electrons. The van der Waals surface area contributed by atoms with Crippen LogP contribution in [0.1, 0.15) is 29.4 Å². The fourth-order valence-electron chi connectivity index (χ4n) is 2.17. The first-order chi connectivity index (χ1) is 8.58. The lowest BCUT2D eigenvalue weighted by Crippen LogP contribution is -2.18. The molecule has 2 aromatic heterocycles. The molecule has 0 spiro atoms. The predicted molar refractivity (Wildman–Crippen MR) is 72.4 cm³/mol. The molecule has 4 heteroatoms. The van der Waals surface area contributed by atoms with Gasteiger partial charge >= 0.3 is 0 Å². The van der Waals surface area contributed by atoms with E-state index in [9.17, 15) is 0 Å². The van der Waals surface area contributed by atoms with Crippen LogP contribution in [0.2, 0.25) is 0 Å². The van der Waals surface area contributed by atoms with Crippen molar-refractivity contribution in [1.82, 2.24) is 14.8 Å². The molecule has 0 saturated carbocycles. The molecule has 2 rings (SSSR count). The van der Waals surface area contributed by atoms with Crippen LogP contribution in [0.15, 0.2) is 24.5 Å². The van der Waals surface area contributed by atoms with Crippen molar-refractivity contribution in [3.63, 3.8) is 0 Å². The van der Waals surface area contributed by atoms with E-state index in [-0.39, 0.29) is 6.04 Å². The van der Waals surface area contributed by atoms with Crippen LogP contribution < -0.4 is 5.73 Å². The van der Waals surface area contributed by atoms with Crippen molar-refractivity contribution in [2.75, 3.05) is 0 Å². The highest BCUT2D eigenvalue weighted by atomic mass is 15.3. The summed E-state index contributed by atoms with van der Waals surface area (Å²) in [6.07, 6.45) is 4.54. The zero-order valence-electron chi connectivity index (χ0n) is 11.2. The Bertz CT molecular complexity index is 514. The van der Waals surface area contributed by atoms with Gasteiger partial charge in [0.25, 0.3) is 0 Å². The van der Waals surface area contributed by atoms with Gasteiger partial charge in [-0.25, -0.2) is 0 Å². The Morgan fingerprint density at radius 3 is 2.78 bits per heavy atom. The van der Waals surface area contributed by atoms with Gasteiger partial charge in [0, 0.05) is 24.1 Å². The SMILES string of the molecule is Cc1nn(Cc2cccnc2)c(C)c1CC(C)N. The highest BCUT2D eigenvalue weighted by molar-refractivity contribution is 5.26. The van der Waals surface area contributed by atoms with E-state index in [2.05, 4.69) is 23.1 Å². The van der Waals surface area contributed by atoms with E-state index in [1.807, 2.05) is 30.8 Å². The van der Waals surface area contributed by atoms with Crippen LogP contribution in [0.5, 0.6) is 0 Å². The summed E-state index contributed by atoms with van der Waals surface area (Å²) in [5, 5.41) is 4.59. The summed E-state index contributed by atoms with van der Waals surface area (Å²) in [7, 11) is 0. The summed E-state index contributed by atoms with van der Waals surface area (Å²) < 4.78 is 2.03. The van der Waals surface area contributed by atoms with E-state index in [1.54, 1.807) is 6.20 Å². The second-order valence-corrected chi connectivity index (χ2v) is 4.85. The van der Waals surface area contributed by atoms with E-state index < -0.39 is 0 Å². The van der Waals surface area contributed by atoms with Crippen LogP contribution in [-0.4, -0.2) is 20.8 Å². The summed E-state index contributed by atoms with van der Waals surface area (Å²) in [5.74, 6) is 0. The van der Waals surface area contributed by atoms with Gasteiger partial charge in [-0.3, -0.25) is 9.67 Å². The Morgan fingerprint density at radius 2 is 2.17 bits per heavy atom. The average molecular weight is 244 g/mol. The lowest BCUT2D eigenvalue weighted by Gasteiger charge is -2.07. The number of rotatable bonds is 4. The van der Waals surface area contributed by atoms with Crippen molar-refractivity contribution in [3.8, 4) is 0 Å². The van der Waals surface area contributed by atoms with Crippen molar-refractivity contribution in [1.29, 1.82) is 0 Å². The number of hydrogen-bond donors (Lipinski definition) is 1. The standard InChI is InChI=1S/C14H20N4/c1-10(15)7-14-11(2)17-18(12(14)3)9-13-5-4-6-16-8-13/h4-6,8,10H,7,9,15H2,1-3H3. The van der Waals surface area contributed by atoms with E-state index in [0.717, 1.165) is 24.2 Å². The largest absolute Gasteiger partial charge is 0.328 e. The molecule has 4 nitrogen and oxygen atoms in total. The van der Waals surface area contributed by atoms with Gasteiger partial charge in [-0.1, -0.05) is 6.07 Å². The Morgan fingerprint density at radius 1 is 1.39 bits per heavy atom. The Balaban J connectivity index is 2.25. The van der Waals surface area contributed by atoms with Crippen LogP contribution in [0.4, 0.5) is 0 Å². The average Bonchev–Trinajstić information content (AvgIpc) is 2.58. The minimum atomic E-state index is 0.165. The van der Waals surface area contributed by atoms with E-state index >= 15 is 0 Å². The Kier molecular flexibility index (Phi) is 3.77. The molecule has 1 unspecified atom stereocenters. The molecule has 0 aliphatic carbocycles. The number of aryl methyl sites for hydroxylation is 1. The summed E-state index contributed by atoms with van der Waals surface area (Å²) in [5.41, 5.74) is 10.6. The van der Waals surface area contributed by atoms with E-state index in [4.69, 9.17) is 5.73 Å². The number of nitrogens with zero attached hydrogens (tertiary/aromatic N) is 3. The van der Waals surface area contributed by atoms with Crippen molar-refractivity contribution in [2.24, 2.45) is 5.73 Å². The number of hydrogen-bond acceptors (Lipinski definition) is 3.